The van der Waals surface area contributed by atoms with E-state index < -0.39 is 0 Å². The number of nitrogens with one attached hydrogen (secondary N) is 1. The third-order valence-corrected chi connectivity index (χ3v) is 4.38. The van der Waals surface area contributed by atoms with Gasteiger partial charge < -0.3 is 5.32 Å². The number of fused-ring (bicyclic) bond motifs is 1. The first-order valence-corrected chi connectivity index (χ1v) is 8.30. The molecule has 2 aromatic carbocycles. The van der Waals surface area contributed by atoms with Gasteiger partial charge >= 0.3 is 0 Å². The van der Waals surface area contributed by atoms with E-state index in [1.807, 2.05) is 27.0 Å². The molecule has 3 rings (SSSR count). The van der Waals surface area contributed by atoms with Crippen molar-refractivity contribution in [1.82, 2.24) is 4.98 Å². The van der Waals surface area contributed by atoms with Crippen LogP contribution < -0.4 is 5.32 Å². The van der Waals surface area contributed by atoms with Crippen LogP contribution in [0.15, 0.2) is 42.5 Å². The van der Waals surface area contributed by atoms with Gasteiger partial charge in [-0.25, -0.2) is 4.98 Å². The summed E-state index contributed by atoms with van der Waals surface area (Å²) in [5.74, 6) is 0. The molecule has 2 nitrogen and oxygen atoms in total. The van der Waals surface area contributed by atoms with Crippen LogP contribution in [0.2, 0.25) is 0 Å². The number of thiazole rings is 1. The molecule has 1 aromatic heterocycles. The molecular formula is C18H22N2S. The van der Waals surface area contributed by atoms with Gasteiger partial charge in [0.15, 0.2) is 0 Å². The smallest absolute Gasteiger partial charge is 0.124 e. The summed E-state index contributed by atoms with van der Waals surface area (Å²) >= 11 is 1.75. The molecule has 0 bridgehead atoms. The highest BCUT2D eigenvalue weighted by Crippen LogP contribution is 2.32. The fourth-order valence-corrected chi connectivity index (χ4v) is 3.22. The third kappa shape index (κ3) is 3.24. The van der Waals surface area contributed by atoms with Gasteiger partial charge in [-0.3, -0.25) is 0 Å². The molecule has 1 N–H and O–H groups in total. The van der Waals surface area contributed by atoms with E-state index in [2.05, 4.69) is 48.6 Å². The van der Waals surface area contributed by atoms with E-state index in [-0.39, 0.29) is 0 Å². The largest absolute Gasteiger partial charge is 0.388 e. The van der Waals surface area contributed by atoms with Crippen LogP contribution in [0.3, 0.4) is 0 Å². The third-order valence-electron chi connectivity index (χ3n) is 3.30. The number of aryl methyl sites for hydroxylation is 1. The minimum absolute atomic E-state index is 1.02. The lowest BCUT2D eigenvalue weighted by Gasteiger charge is -2.08. The fraction of sp³-hybridized carbons (Fsp3) is 0.278. The minimum Gasteiger partial charge on any atom is -0.388 e. The summed E-state index contributed by atoms with van der Waals surface area (Å²) in [6.45, 7) is 6.18. The Morgan fingerprint density at radius 3 is 2.52 bits per heavy atom. The number of rotatable bonds is 3. The first kappa shape index (κ1) is 15.5. The van der Waals surface area contributed by atoms with Crippen molar-refractivity contribution in [3.63, 3.8) is 0 Å². The summed E-state index contributed by atoms with van der Waals surface area (Å²) in [6, 6.07) is 14.8. The highest BCUT2D eigenvalue weighted by Gasteiger charge is 2.08. The number of anilines is 1. The second-order valence-electron chi connectivity index (χ2n) is 4.46. The molecule has 0 aliphatic rings. The van der Waals surface area contributed by atoms with E-state index in [0.717, 1.165) is 16.9 Å². The number of hydrogen-bond donors (Lipinski definition) is 1. The quantitative estimate of drug-likeness (QED) is 0.681. The Hall–Kier alpha value is -1.87. The Kier molecular flexibility index (Phi) is 5.34. The van der Waals surface area contributed by atoms with Gasteiger partial charge in [-0.15, -0.1) is 11.3 Å². The molecule has 0 unspecified atom stereocenters. The minimum atomic E-state index is 1.02. The monoisotopic (exact) mass is 298 g/mol. The maximum absolute atomic E-state index is 4.71. The van der Waals surface area contributed by atoms with Crippen LogP contribution in [-0.2, 0) is 6.42 Å². The summed E-state index contributed by atoms with van der Waals surface area (Å²) in [7, 11) is 1.96. The highest BCUT2D eigenvalue weighted by molar-refractivity contribution is 7.21. The molecule has 110 valence electrons. The Morgan fingerprint density at radius 1 is 1.10 bits per heavy atom. The van der Waals surface area contributed by atoms with E-state index in [1.165, 1.54) is 21.5 Å². The summed E-state index contributed by atoms with van der Waals surface area (Å²) in [6.07, 6.45) is 1.02. The van der Waals surface area contributed by atoms with Crippen molar-refractivity contribution in [2.24, 2.45) is 0 Å². The molecule has 0 fully saturated rings. The van der Waals surface area contributed by atoms with Gasteiger partial charge in [0.2, 0.25) is 0 Å². The Bertz CT molecular complexity index is 683. The maximum Gasteiger partial charge on any atom is 0.124 e. The first-order valence-electron chi connectivity index (χ1n) is 7.48. The van der Waals surface area contributed by atoms with E-state index in [4.69, 9.17) is 4.98 Å². The second kappa shape index (κ2) is 7.23. The van der Waals surface area contributed by atoms with Crippen molar-refractivity contribution in [3.8, 4) is 10.6 Å². The van der Waals surface area contributed by atoms with E-state index in [9.17, 15) is 0 Å². The van der Waals surface area contributed by atoms with Crippen molar-refractivity contribution in [2.45, 2.75) is 27.2 Å². The molecule has 0 spiro atoms. The first-order chi connectivity index (χ1) is 10.3. The van der Waals surface area contributed by atoms with Crippen LogP contribution in [0.4, 0.5) is 5.69 Å². The molecule has 0 aliphatic carbocycles. The van der Waals surface area contributed by atoms with Crippen molar-refractivity contribution >= 4 is 27.2 Å². The predicted octanol–water partition coefficient (Wildman–Crippen LogP) is 5.59. The highest BCUT2D eigenvalue weighted by atomic mass is 32.1. The van der Waals surface area contributed by atoms with Gasteiger partial charge in [-0.05, 0) is 42.3 Å². The standard InChI is InChI=1S/C16H16N2S.C2H6/c1-3-11-10-12(8-9-13(11)17-2)16-18-14-6-4-5-7-15(14)19-16;1-2/h4-10,17H,3H2,1-2H3;1-2H3. The van der Waals surface area contributed by atoms with Crippen LogP contribution >= 0.6 is 11.3 Å². The molecule has 0 saturated heterocycles. The van der Waals surface area contributed by atoms with Gasteiger partial charge in [0.1, 0.15) is 5.01 Å². The number of hydrogen-bond acceptors (Lipinski definition) is 3. The molecule has 1 heterocycles. The van der Waals surface area contributed by atoms with Crippen LogP contribution in [0, 0.1) is 0 Å². The van der Waals surface area contributed by atoms with Gasteiger partial charge in [0, 0.05) is 18.3 Å². The summed E-state index contributed by atoms with van der Waals surface area (Å²) in [4.78, 5) is 4.71. The lowest BCUT2D eigenvalue weighted by molar-refractivity contribution is 1.14. The Labute approximate surface area is 130 Å². The van der Waals surface area contributed by atoms with E-state index in [1.54, 1.807) is 11.3 Å². The average Bonchev–Trinajstić information content (AvgIpc) is 3.00. The normalized spacial score (nSPS) is 10.1. The van der Waals surface area contributed by atoms with E-state index in [0.29, 0.717) is 0 Å². The Morgan fingerprint density at radius 2 is 1.86 bits per heavy atom. The summed E-state index contributed by atoms with van der Waals surface area (Å²) < 4.78 is 1.24. The molecule has 0 radical (unpaired) electrons. The molecule has 0 saturated carbocycles. The van der Waals surface area contributed by atoms with Crippen LogP contribution in [-0.4, -0.2) is 12.0 Å². The molecule has 0 amide bonds. The van der Waals surface area contributed by atoms with Gasteiger partial charge in [-0.2, -0.15) is 0 Å². The van der Waals surface area contributed by atoms with Crippen LogP contribution in [0.1, 0.15) is 26.3 Å². The van der Waals surface area contributed by atoms with Crippen molar-refractivity contribution in [1.29, 1.82) is 0 Å². The maximum atomic E-state index is 4.71. The van der Waals surface area contributed by atoms with Crippen LogP contribution in [0.5, 0.6) is 0 Å². The summed E-state index contributed by atoms with van der Waals surface area (Å²) in [5, 5.41) is 4.33. The number of nitrogens with zero attached hydrogens (tertiary/aromatic N) is 1. The van der Waals surface area contributed by atoms with Gasteiger partial charge in [-0.1, -0.05) is 32.9 Å². The van der Waals surface area contributed by atoms with Crippen LogP contribution in [0.25, 0.3) is 20.8 Å². The fourth-order valence-electron chi connectivity index (χ4n) is 2.26. The number of para-hydroxylation sites is 1. The second-order valence-corrected chi connectivity index (χ2v) is 5.49. The zero-order valence-corrected chi connectivity index (χ0v) is 13.9. The molecule has 0 aliphatic heterocycles. The molecular weight excluding hydrogens is 276 g/mol. The zero-order chi connectivity index (χ0) is 15.2. The van der Waals surface area contributed by atoms with Crippen molar-refractivity contribution < 1.29 is 0 Å². The van der Waals surface area contributed by atoms with Gasteiger partial charge in [0.25, 0.3) is 0 Å². The lowest BCUT2D eigenvalue weighted by Crippen LogP contribution is -1.94. The van der Waals surface area contributed by atoms with Crippen molar-refractivity contribution in [3.05, 3.63) is 48.0 Å². The molecule has 3 aromatic rings. The number of benzene rings is 2. The summed E-state index contributed by atoms with van der Waals surface area (Å²) in [5.41, 5.74) is 4.82. The Balaban J connectivity index is 0.000000774. The lowest BCUT2D eigenvalue weighted by atomic mass is 10.1. The van der Waals surface area contributed by atoms with Gasteiger partial charge in [0.05, 0.1) is 10.2 Å². The average molecular weight is 298 g/mol. The van der Waals surface area contributed by atoms with E-state index >= 15 is 0 Å². The topological polar surface area (TPSA) is 24.9 Å². The molecule has 3 heteroatoms. The molecule has 0 atom stereocenters. The predicted molar refractivity (Wildman–Crippen MR) is 95.3 cm³/mol. The zero-order valence-electron chi connectivity index (χ0n) is 13.1. The number of aromatic nitrogens is 1. The SMILES string of the molecule is CC.CCc1cc(-c2nc3ccccc3s2)ccc1NC. The molecule has 21 heavy (non-hydrogen) atoms. The van der Waals surface area contributed by atoms with Crippen molar-refractivity contribution in [2.75, 3.05) is 12.4 Å².